The number of non-ortho nitro benzene ring substituents is 1. The van der Waals surface area contributed by atoms with Gasteiger partial charge in [0.1, 0.15) is 10.3 Å². The molecule has 1 aliphatic carbocycles. The Morgan fingerprint density at radius 3 is 2.43 bits per heavy atom. The van der Waals surface area contributed by atoms with E-state index in [0.717, 1.165) is 17.7 Å². The van der Waals surface area contributed by atoms with Gasteiger partial charge in [-0.05, 0) is 75.8 Å². The zero-order chi connectivity index (χ0) is 30.9. The molecule has 224 valence electrons. The van der Waals surface area contributed by atoms with Gasteiger partial charge in [-0.2, -0.15) is 5.26 Å². The summed E-state index contributed by atoms with van der Waals surface area (Å²) in [7, 11) is 0. The van der Waals surface area contributed by atoms with Crippen LogP contribution in [0.2, 0.25) is 0 Å². The minimum absolute atomic E-state index is 0.128. The summed E-state index contributed by atoms with van der Waals surface area (Å²) in [6.07, 6.45) is 3.15. The number of hydrogen-bond donors (Lipinski definition) is 4. The molecule has 13 heteroatoms. The molecular formula is C29H36N6O6S. The molecule has 1 saturated heterocycles. The van der Waals surface area contributed by atoms with E-state index in [9.17, 15) is 34.6 Å². The molecule has 4 unspecified atom stereocenters. The van der Waals surface area contributed by atoms with Crippen molar-refractivity contribution in [3.05, 3.63) is 69.8 Å². The lowest BCUT2D eigenvalue weighted by molar-refractivity contribution is -0.384. The van der Waals surface area contributed by atoms with Crippen LogP contribution in [0.3, 0.4) is 0 Å². The number of nitrogens with one attached hydrogen (secondary N) is 2. The minimum atomic E-state index is -2.38. The summed E-state index contributed by atoms with van der Waals surface area (Å²) in [6, 6.07) is 12.3. The molecule has 4 rings (SSSR count). The molecule has 2 fully saturated rings. The zero-order valence-electron chi connectivity index (χ0n) is 23.8. The van der Waals surface area contributed by atoms with Crippen molar-refractivity contribution in [3.63, 3.8) is 0 Å². The summed E-state index contributed by atoms with van der Waals surface area (Å²) in [6.45, 7) is 5.42. The van der Waals surface area contributed by atoms with Crippen molar-refractivity contribution in [2.75, 3.05) is 5.32 Å². The van der Waals surface area contributed by atoms with E-state index in [-0.39, 0.29) is 24.2 Å². The number of carbonyl (C=O) groups excluding carboxylic acids is 2. The van der Waals surface area contributed by atoms with Gasteiger partial charge < -0.3 is 20.7 Å². The van der Waals surface area contributed by atoms with Crippen LogP contribution >= 0.6 is 0 Å². The second-order valence-corrected chi connectivity index (χ2v) is 13.9. The predicted molar refractivity (Wildman–Crippen MR) is 157 cm³/mol. The van der Waals surface area contributed by atoms with E-state index in [0.29, 0.717) is 29.9 Å². The summed E-state index contributed by atoms with van der Waals surface area (Å²) >= 11 is -1.67. The number of nitriles is 1. The average Bonchev–Trinajstić information content (AvgIpc) is 3.70. The van der Waals surface area contributed by atoms with Crippen LogP contribution in [-0.4, -0.2) is 47.9 Å². The van der Waals surface area contributed by atoms with Crippen molar-refractivity contribution < 1.29 is 24.2 Å². The molecule has 1 aliphatic heterocycles. The Morgan fingerprint density at radius 2 is 1.88 bits per heavy atom. The summed E-state index contributed by atoms with van der Waals surface area (Å²) < 4.78 is 16.4. The smallest absolute Gasteiger partial charge is 0.324 e. The van der Waals surface area contributed by atoms with E-state index in [2.05, 4.69) is 16.1 Å². The Hall–Kier alpha value is -3.70. The average molecular weight is 597 g/mol. The Bertz CT molecular complexity index is 1390. The number of benzene rings is 2. The number of nitrogens with two attached hydrogens (primary N) is 1. The maximum absolute atomic E-state index is 14.0. The van der Waals surface area contributed by atoms with Crippen LogP contribution in [-0.2, 0) is 21.7 Å². The van der Waals surface area contributed by atoms with E-state index in [1.54, 1.807) is 45.0 Å². The number of nitrogens with zero attached hydrogens (tertiary/aromatic N) is 3. The molecule has 5 N–H and O–H groups in total. The first-order chi connectivity index (χ1) is 19.7. The molecule has 2 aliphatic rings. The third-order valence-corrected chi connectivity index (χ3v) is 9.63. The quantitative estimate of drug-likeness (QED) is 0.180. The molecule has 3 amide bonds. The van der Waals surface area contributed by atoms with Gasteiger partial charge in [-0.1, -0.05) is 25.0 Å². The Morgan fingerprint density at radius 1 is 1.21 bits per heavy atom. The van der Waals surface area contributed by atoms with Crippen molar-refractivity contribution in [1.82, 2.24) is 9.62 Å². The Kier molecular flexibility index (Phi) is 8.84. The molecule has 1 heterocycles. The highest BCUT2D eigenvalue weighted by molar-refractivity contribution is 7.90. The first kappa shape index (κ1) is 31.2. The van der Waals surface area contributed by atoms with E-state index in [1.807, 2.05) is 0 Å². The van der Waals surface area contributed by atoms with Crippen LogP contribution in [0, 0.1) is 27.4 Å². The van der Waals surface area contributed by atoms with Gasteiger partial charge in [0.25, 0.3) is 11.6 Å². The molecule has 0 aromatic heterocycles. The fourth-order valence-electron chi connectivity index (χ4n) is 5.42. The van der Waals surface area contributed by atoms with Crippen LogP contribution in [0.25, 0.3) is 0 Å². The largest absolute Gasteiger partial charge is 0.598 e. The number of carbonyl (C=O) groups is 2. The molecule has 2 aromatic rings. The highest BCUT2D eigenvalue weighted by atomic mass is 32.2. The SMILES string of the molecule is CC(C)(C)[S+]([O-])NC(CCC1CC1)(c1cccc(C#N)c1)C1CCC(O)(C(N)=O)N1C(=O)Nc1ccc([N+](=O)[O-])cc1. The highest BCUT2D eigenvalue weighted by Crippen LogP contribution is 2.47. The van der Waals surface area contributed by atoms with Crippen LogP contribution < -0.4 is 15.8 Å². The number of rotatable bonds is 10. The van der Waals surface area contributed by atoms with Crippen LogP contribution in [0.1, 0.15) is 70.4 Å². The lowest BCUT2D eigenvalue weighted by Crippen LogP contribution is -2.67. The molecule has 0 bridgehead atoms. The summed E-state index contributed by atoms with van der Waals surface area (Å²) in [5, 5.41) is 35.0. The van der Waals surface area contributed by atoms with Gasteiger partial charge in [0.2, 0.25) is 5.72 Å². The lowest BCUT2D eigenvalue weighted by atomic mass is 9.77. The third kappa shape index (κ3) is 6.37. The summed E-state index contributed by atoms with van der Waals surface area (Å²) in [5.41, 5.74) is 3.03. The number of primary amides is 1. The van der Waals surface area contributed by atoms with Crippen molar-refractivity contribution in [1.29, 1.82) is 5.26 Å². The number of nitro groups is 1. The standard InChI is InChI=1S/C29H36N6O6S/c1-27(2,3)42(41)33-28(15-13-19-7-8-19,21-6-4-5-20(17-21)18-30)24-14-16-29(38,25(31)36)34(24)26(37)32-22-9-11-23(12-10-22)35(39)40/h4-6,9-12,17,19,24,33,38H,7-8,13-16H2,1-3H3,(H2,31,36)(H,32,37). The molecule has 0 radical (unpaired) electrons. The van der Waals surface area contributed by atoms with E-state index in [1.165, 1.54) is 24.3 Å². The van der Waals surface area contributed by atoms with Crippen molar-refractivity contribution in [2.24, 2.45) is 11.7 Å². The fraction of sp³-hybridized carbons (Fsp3) is 0.483. The number of amides is 3. The number of anilines is 1. The van der Waals surface area contributed by atoms with Crippen LogP contribution in [0.5, 0.6) is 0 Å². The zero-order valence-corrected chi connectivity index (χ0v) is 24.6. The lowest BCUT2D eigenvalue weighted by Gasteiger charge is -2.46. The first-order valence-corrected chi connectivity index (χ1v) is 14.9. The number of likely N-dealkylation sites (tertiary alicyclic amines) is 1. The number of urea groups is 1. The Labute approximate surface area is 247 Å². The molecule has 42 heavy (non-hydrogen) atoms. The van der Waals surface area contributed by atoms with E-state index >= 15 is 0 Å². The molecule has 1 saturated carbocycles. The van der Waals surface area contributed by atoms with E-state index in [4.69, 9.17) is 5.73 Å². The van der Waals surface area contributed by atoms with Crippen molar-refractivity contribution in [3.8, 4) is 6.07 Å². The normalized spacial score (nSPS) is 22.6. The van der Waals surface area contributed by atoms with Gasteiger partial charge in [0.15, 0.2) is 0 Å². The molecule has 2 aromatic carbocycles. The third-order valence-electron chi connectivity index (χ3n) is 7.97. The molecule has 12 nitrogen and oxygen atoms in total. The number of hydrogen-bond acceptors (Lipinski definition) is 8. The monoisotopic (exact) mass is 596 g/mol. The predicted octanol–water partition coefficient (Wildman–Crippen LogP) is 3.77. The number of aliphatic hydroxyl groups is 1. The second-order valence-electron chi connectivity index (χ2n) is 12.0. The van der Waals surface area contributed by atoms with Gasteiger partial charge >= 0.3 is 6.03 Å². The van der Waals surface area contributed by atoms with Crippen molar-refractivity contribution in [2.45, 2.75) is 81.3 Å². The van der Waals surface area contributed by atoms with E-state index < -0.39 is 50.3 Å². The maximum Gasteiger partial charge on any atom is 0.324 e. The molecule has 4 atom stereocenters. The van der Waals surface area contributed by atoms with Gasteiger partial charge in [-0.3, -0.25) is 19.8 Å². The van der Waals surface area contributed by atoms with Crippen LogP contribution in [0.15, 0.2) is 48.5 Å². The fourth-order valence-corrected chi connectivity index (χ4v) is 6.41. The topological polar surface area (TPSA) is 198 Å². The minimum Gasteiger partial charge on any atom is -0.598 e. The van der Waals surface area contributed by atoms with Gasteiger partial charge in [-0.25, -0.2) is 4.79 Å². The first-order valence-electron chi connectivity index (χ1n) is 13.8. The summed E-state index contributed by atoms with van der Waals surface area (Å²) in [4.78, 5) is 38.2. The van der Waals surface area contributed by atoms with Crippen molar-refractivity contribution >= 4 is 34.7 Å². The van der Waals surface area contributed by atoms with Crippen LogP contribution in [0.4, 0.5) is 16.2 Å². The Balaban J connectivity index is 1.85. The maximum atomic E-state index is 14.0. The second kappa shape index (κ2) is 11.9. The van der Waals surface area contributed by atoms with Gasteiger partial charge in [0, 0.05) is 35.6 Å². The number of nitro benzene ring substituents is 1. The highest BCUT2D eigenvalue weighted by Gasteiger charge is 2.60. The molecular weight excluding hydrogens is 560 g/mol. The summed E-state index contributed by atoms with van der Waals surface area (Å²) in [5.74, 6) is -0.685. The van der Waals surface area contributed by atoms with Gasteiger partial charge in [0.05, 0.1) is 22.6 Å². The molecule has 0 spiro atoms. The van der Waals surface area contributed by atoms with Gasteiger partial charge in [-0.15, -0.1) is 4.72 Å².